The van der Waals surface area contributed by atoms with Crippen molar-refractivity contribution in [3.63, 3.8) is 0 Å². The molecule has 0 saturated carbocycles. The van der Waals surface area contributed by atoms with Crippen LogP contribution in [0.5, 0.6) is 0 Å². The van der Waals surface area contributed by atoms with E-state index in [1.165, 1.54) is 24.1 Å². The second kappa shape index (κ2) is 6.67. The number of benzene rings is 1. The molecule has 0 atom stereocenters. The summed E-state index contributed by atoms with van der Waals surface area (Å²) < 4.78 is 0. The predicted molar refractivity (Wildman–Crippen MR) is 82.1 cm³/mol. The third-order valence-corrected chi connectivity index (χ3v) is 3.36. The van der Waals surface area contributed by atoms with E-state index in [0.29, 0.717) is 12.0 Å². The summed E-state index contributed by atoms with van der Waals surface area (Å²) in [7, 11) is 0. The normalized spacial score (nSPS) is 11.3. The van der Waals surface area contributed by atoms with Crippen molar-refractivity contribution in [3.8, 4) is 0 Å². The first-order valence-corrected chi connectivity index (χ1v) is 7.11. The van der Waals surface area contributed by atoms with Gasteiger partial charge in [0, 0.05) is 24.0 Å². The molecule has 1 aromatic carbocycles. The molecule has 0 aliphatic heterocycles. The summed E-state index contributed by atoms with van der Waals surface area (Å²) in [6.07, 6.45) is 2.36. The molecular formula is C16H28N2. The zero-order valence-electron chi connectivity index (χ0n) is 12.5. The van der Waals surface area contributed by atoms with E-state index in [0.717, 1.165) is 12.2 Å². The van der Waals surface area contributed by atoms with Gasteiger partial charge >= 0.3 is 0 Å². The lowest BCUT2D eigenvalue weighted by atomic mass is 10.0. The highest BCUT2D eigenvalue weighted by molar-refractivity contribution is 5.58. The maximum absolute atomic E-state index is 5.98. The van der Waals surface area contributed by atoms with Gasteiger partial charge in [0.1, 0.15) is 0 Å². The molecule has 0 aliphatic carbocycles. The number of rotatable bonds is 6. The number of aryl methyl sites for hydroxylation is 1. The van der Waals surface area contributed by atoms with E-state index in [9.17, 15) is 0 Å². The van der Waals surface area contributed by atoms with Gasteiger partial charge in [-0.15, -0.1) is 0 Å². The van der Waals surface area contributed by atoms with Crippen LogP contribution in [0.15, 0.2) is 18.2 Å². The Bertz CT molecular complexity index is 347. The largest absolute Gasteiger partial charge is 0.399 e. The molecule has 0 heterocycles. The minimum absolute atomic E-state index is 0.605. The van der Waals surface area contributed by atoms with Crippen LogP contribution in [-0.2, 0) is 0 Å². The minimum Gasteiger partial charge on any atom is -0.399 e. The summed E-state index contributed by atoms with van der Waals surface area (Å²) >= 11 is 0. The van der Waals surface area contributed by atoms with Crippen molar-refractivity contribution in [3.05, 3.63) is 23.8 Å². The van der Waals surface area contributed by atoms with Crippen LogP contribution in [0.25, 0.3) is 0 Å². The summed E-state index contributed by atoms with van der Waals surface area (Å²) in [6.45, 7) is 12.3. The van der Waals surface area contributed by atoms with Crippen LogP contribution in [0.4, 0.5) is 11.4 Å². The van der Waals surface area contributed by atoms with Crippen molar-refractivity contribution in [2.75, 3.05) is 17.2 Å². The highest BCUT2D eigenvalue weighted by Crippen LogP contribution is 2.25. The van der Waals surface area contributed by atoms with Gasteiger partial charge < -0.3 is 10.6 Å². The molecule has 0 spiro atoms. The summed E-state index contributed by atoms with van der Waals surface area (Å²) in [5.74, 6) is 0.660. The number of nitrogens with two attached hydrogens (primary N) is 1. The standard InChI is InChI=1S/C16H28N2/c1-6-15(7-2)18(11-12(3)4)16-9-13(5)8-14(17)10-16/h8-10,12,15H,6-7,11,17H2,1-5H3. The summed E-state index contributed by atoms with van der Waals surface area (Å²) in [6, 6.07) is 6.99. The van der Waals surface area contributed by atoms with Crippen LogP contribution in [0.3, 0.4) is 0 Å². The lowest BCUT2D eigenvalue weighted by Gasteiger charge is -2.34. The Balaban J connectivity index is 3.07. The van der Waals surface area contributed by atoms with E-state index in [1.54, 1.807) is 0 Å². The van der Waals surface area contributed by atoms with Crippen LogP contribution in [-0.4, -0.2) is 12.6 Å². The molecule has 0 saturated heterocycles. The van der Waals surface area contributed by atoms with Gasteiger partial charge in [0.05, 0.1) is 0 Å². The lowest BCUT2D eigenvalue weighted by Crippen LogP contribution is -2.37. The Kier molecular flexibility index (Phi) is 5.52. The van der Waals surface area contributed by atoms with Crippen molar-refractivity contribution in [1.82, 2.24) is 0 Å². The van der Waals surface area contributed by atoms with Crippen molar-refractivity contribution >= 4 is 11.4 Å². The number of anilines is 2. The van der Waals surface area contributed by atoms with Gasteiger partial charge in [-0.1, -0.05) is 27.7 Å². The number of hydrogen-bond donors (Lipinski definition) is 1. The van der Waals surface area contributed by atoms with E-state index < -0.39 is 0 Å². The van der Waals surface area contributed by atoms with Gasteiger partial charge in [0.2, 0.25) is 0 Å². The molecule has 18 heavy (non-hydrogen) atoms. The van der Waals surface area contributed by atoms with Gasteiger partial charge in [-0.3, -0.25) is 0 Å². The molecular weight excluding hydrogens is 220 g/mol. The number of nitrogen functional groups attached to an aromatic ring is 1. The molecule has 2 heteroatoms. The molecule has 0 bridgehead atoms. The average molecular weight is 248 g/mol. The average Bonchev–Trinajstić information content (AvgIpc) is 2.27. The molecule has 0 aromatic heterocycles. The van der Waals surface area contributed by atoms with Crippen molar-refractivity contribution in [2.24, 2.45) is 5.92 Å². The zero-order chi connectivity index (χ0) is 13.7. The highest BCUT2D eigenvalue weighted by atomic mass is 15.2. The van der Waals surface area contributed by atoms with Gasteiger partial charge in [-0.05, 0) is 49.4 Å². The van der Waals surface area contributed by atoms with Gasteiger partial charge in [0.15, 0.2) is 0 Å². The van der Waals surface area contributed by atoms with Crippen LogP contribution in [0.1, 0.15) is 46.1 Å². The van der Waals surface area contributed by atoms with Crippen molar-refractivity contribution in [1.29, 1.82) is 0 Å². The topological polar surface area (TPSA) is 29.3 Å². The molecule has 1 rings (SSSR count). The third kappa shape index (κ3) is 3.94. The molecule has 0 amide bonds. The van der Waals surface area contributed by atoms with Crippen molar-refractivity contribution in [2.45, 2.75) is 53.5 Å². The molecule has 2 N–H and O–H groups in total. The smallest absolute Gasteiger partial charge is 0.0392 e. The zero-order valence-corrected chi connectivity index (χ0v) is 12.5. The maximum Gasteiger partial charge on any atom is 0.0392 e. The molecule has 0 aliphatic rings. The Morgan fingerprint density at radius 3 is 2.17 bits per heavy atom. The van der Waals surface area contributed by atoms with E-state index in [1.807, 2.05) is 6.07 Å². The van der Waals surface area contributed by atoms with Crippen LogP contribution < -0.4 is 10.6 Å². The summed E-state index contributed by atoms with van der Waals surface area (Å²) in [4.78, 5) is 2.52. The quantitative estimate of drug-likeness (QED) is 0.763. The first kappa shape index (κ1) is 14.9. The predicted octanol–water partition coefficient (Wildman–Crippen LogP) is 4.23. The first-order chi connectivity index (χ1) is 8.47. The monoisotopic (exact) mass is 248 g/mol. The van der Waals surface area contributed by atoms with E-state index in [4.69, 9.17) is 5.73 Å². The van der Waals surface area contributed by atoms with E-state index in [2.05, 4.69) is 51.7 Å². The van der Waals surface area contributed by atoms with Gasteiger partial charge in [0.25, 0.3) is 0 Å². The molecule has 0 unspecified atom stereocenters. The number of hydrogen-bond acceptors (Lipinski definition) is 2. The Morgan fingerprint density at radius 2 is 1.72 bits per heavy atom. The molecule has 0 fully saturated rings. The molecule has 1 aromatic rings. The fourth-order valence-electron chi connectivity index (χ4n) is 2.55. The fraction of sp³-hybridized carbons (Fsp3) is 0.625. The Hall–Kier alpha value is -1.18. The summed E-state index contributed by atoms with van der Waals surface area (Å²) in [5.41, 5.74) is 9.36. The van der Waals surface area contributed by atoms with Gasteiger partial charge in [-0.25, -0.2) is 0 Å². The Morgan fingerprint density at radius 1 is 1.11 bits per heavy atom. The minimum atomic E-state index is 0.605. The molecule has 0 radical (unpaired) electrons. The Labute approximate surface area is 112 Å². The second-order valence-corrected chi connectivity index (χ2v) is 5.62. The van der Waals surface area contributed by atoms with Crippen molar-refractivity contribution < 1.29 is 0 Å². The third-order valence-electron chi connectivity index (χ3n) is 3.36. The van der Waals surface area contributed by atoms with Gasteiger partial charge in [-0.2, -0.15) is 0 Å². The van der Waals surface area contributed by atoms with Crippen LogP contribution in [0, 0.1) is 12.8 Å². The van der Waals surface area contributed by atoms with E-state index in [-0.39, 0.29) is 0 Å². The second-order valence-electron chi connectivity index (χ2n) is 5.62. The maximum atomic E-state index is 5.98. The summed E-state index contributed by atoms with van der Waals surface area (Å²) in [5, 5.41) is 0. The molecule has 102 valence electrons. The molecule has 2 nitrogen and oxygen atoms in total. The highest BCUT2D eigenvalue weighted by Gasteiger charge is 2.17. The first-order valence-electron chi connectivity index (χ1n) is 7.11. The van der Waals surface area contributed by atoms with Crippen LogP contribution in [0.2, 0.25) is 0 Å². The van der Waals surface area contributed by atoms with E-state index >= 15 is 0 Å². The fourth-order valence-corrected chi connectivity index (χ4v) is 2.55. The SMILES string of the molecule is CCC(CC)N(CC(C)C)c1cc(C)cc(N)c1. The van der Waals surface area contributed by atoms with Crippen LogP contribution >= 0.6 is 0 Å². The lowest BCUT2D eigenvalue weighted by molar-refractivity contribution is 0.507. The number of nitrogens with zero attached hydrogens (tertiary/aromatic N) is 1.